The van der Waals surface area contributed by atoms with Crippen LogP contribution in [0.1, 0.15) is 103 Å². The molecule has 0 bridgehead atoms. The van der Waals surface area contributed by atoms with Crippen molar-refractivity contribution in [1.29, 1.82) is 0 Å². The maximum absolute atomic E-state index is 7.33. The van der Waals surface area contributed by atoms with Gasteiger partial charge >= 0.3 is 8.16 Å². The van der Waals surface area contributed by atoms with Gasteiger partial charge in [-0.1, -0.05) is 116 Å². The standard InChI is InChI=1S/C41H42NO2P/c1-29(30-15-5-2-6-16-30)42(41(33-19-7-3-8-20-33)34-21-9-4-10-22-34)45-43-37-27-25-31-17-11-13-23-35(31)39(37)40-36-24-14-12-18-32(36)26-28-38(40)44-45/h2-10,15-16,19-22,25-29,31,35,41H,11-14,17-18,23-24H2,1H3/t29-,31?,35?,45?/m0/s1. The molecule has 1 aromatic heterocycles. The fraction of sp³-hybridized carbons (Fsp3) is 0.317. The van der Waals surface area contributed by atoms with Crippen LogP contribution < -0.4 is 4.67 Å². The summed E-state index contributed by atoms with van der Waals surface area (Å²) in [5, 5.41) is 1.36. The first-order valence-corrected chi connectivity index (χ1v) is 18.1. The van der Waals surface area contributed by atoms with Gasteiger partial charge in [0.1, 0.15) is 11.3 Å². The highest BCUT2D eigenvalue weighted by Gasteiger charge is 2.36. The van der Waals surface area contributed by atoms with E-state index in [4.69, 9.17) is 8.39 Å². The highest BCUT2D eigenvalue weighted by molar-refractivity contribution is 7.38. The summed E-state index contributed by atoms with van der Waals surface area (Å²) in [7, 11) is -1.56. The van der Waals surface area contributed by atoms with Crippen LogP contribution in [0.2, 0.25) is 0 Å². The second-order valence-corrected chi connectivity index (χ2v) is 14.4. The molecule has 3 aliphatic carbocycles. The summed E-state index contributed by atoms with van der Waals surface area (Å²) >= 11 is 0. The molecule has 5 aromatic rings. The first-order chi connectivity index (χ1) is 22.3. The van der Waals surface area contributed by atoms with E-state index in [0.29, 0.717) is 11.8 Å². The van der Waals surface area contributed by atoms with Crippen molar-refractivity contribution in [1.82, 2.24) is 0 Å². The zero-order valence-electron chi connectivity index (χ0n) is 26.1. The van der Waals surface area contributed by atoms with Crippen molar-refractivity contribution < 1.29 is 8.39 Å². The molecule has 1 fully saturated rings. The molecular formula is C41H42NO2P. The van der Waals surface area contributed by atoms with Gasteiger partial charge in [0.05, 0.1) is 6.04 Å². The molecule has 3 unspecified atom stereocenters. The van der Waals surface area contributed by atoms with E-state index in [2.05, 4.69) is 127 Å². The fourth-order valence-corrected chi connectivity index (χ4v) is 9.94. The molecule has 4 aromatic carbocycles. The summed E-state index contributed by atoms with van der Waals surface area (Å²) in [6.07, 6.45) is 14.6. The van der Waals surface area contributed by atoms with E-state index < -0.39 is 8.16 Å². The Morgan fingerprint density at radius 1 is 0.689 bits per heavy atom. The Hall–Kier alpha value is -3.78. The smallest absolute Gasteiger partial charge is 0.311 e. The molecule has 4 atom stereocenters. The van der Waals surface area contributed by atoms with Crippen molar-refractivity contribution in [2.24, 2.45) is 5.92 Å². The third kappa shape index (κ3) is 5.41. The molecule has 3 nitrogen and oxygen atoms in total. The van der Waals surface area contributed by atoms with Gasteiger partial charge in [-0.3, -0.25) is 0 Å². The van der Waals surface area contributed by atoms with Gasteiger partial charge in [-0.2, -0.15) is 4.67 Å². The maximum Gasteiger partial charge on any atom is 0.311 e. The van der Waals surface area contributed by atoms with Gasteiger partial charge < -0.3 is 8.39 Å². The number of fused-ring (bicyclic) bond motifs is 7. The quantitative estimate of drug-likeness (QED) is 0.191. The number of allylic oxidation sites excluding steroid dienone is 1. The summed E-state index contributed by atoms with van der Waals surface area (Å²) in [5.41, 5.74) is 9.16. The summed E-state index contributed by atoms with van der Waals surface area (Å²) in [6, 6.07) is 37.2. The summed E-state index contributed by atoms with van der Waals surface area (Å²) in [5.74, 6) is 2.11. The highest BCUT2D eigenvalue weighted by Crippen LogP contribution is 2.52. The average molecular weight is 612 g/mol. The average Bonchev–Trinajstić information content (AvgIpc) is 3.28. The zero-order chi connectivity index (χ0) is 30.2. The Labute approximate surface area is 268 Å². The van der Waals surface area contributed by atoms with Crippen molar-refractivity contribution in [3.63, 3.8) is 0 Å². The van der Waals surface area contributed by atoms with E-state index in [0.717, 1.165) is 24.2 Å². The van der Waals surface area contributed by atoms with Gasteiger partial charge in [0.25, 0.3) is 0 Å². The normalized spacial score (nSPS) is 20.0. The zero-order valence-corrected chi connectivity index (χ0v) is 27.0. The van der Waals surface area contributed by atoms with Crippen LogP contribution in [-0.4, -0.2) is 0 Å². The first-order valence-electron chi connectivity index (χ1n) is 16.9. The second-order valence-electron chi connectivity index (χ2n) is 13.1. The van der Waals surface area contributed by atoms with Gasteiger partial charge in [-0.15, -0.1) is 0 Å². The van der Waals surface area contributed by atoms with E-state index in [1.165, 1.54) is 77.3 Å². The molecule has 1 heterocycles. The maximum atomic E-state index is 7.33. The predicted octanol–water partition coefficient (Wildman–Crippen LogP) is 11.8. The summed E-state index contributed by atoms with van der Waals surface area (Å²) in [6.45, 7) is 2.31. The van der Waals surface area contributed by atoms with Gasteiger partial charge in [0, 0.05) is 17.0 Å². The monoisotopic (exact) mass is 611 g/mol. The Kier molecular flexibility index (Phi) is 8.00. The molecule has 8 rings (SSSR count). The van der Waals surface area contributed by atoms with Crippen LogP contribution in [0.15, 0.2) is 118 Å². The third-order valence-electron chi connectivity index (χ3n) is 10.4. The van der Waals surface area contributed by atoms with Gasteiger partial charge in [-0.05, 0) is 97.2 Å². The molecule has 1 saturated carbocycles. The lowest BCUT2D eigenvalue weighted by Gasteiger charge is -2.35. The van der Waals surface area contributed by atoms with Crippen LogP contribution in [0.25, 0.3) is 17.0 Å². The van der Waals surface area contributed by atoms with Crippen molar-refractivity contribution in [3.05, 3.63) is 148 Å². The molecule has 0 N–H and O–H groups in total. The molecule has 0 radical (unpaired) electrons. The molecule has 0 aliphatic heterocycles. The Morgan fingerprint density at radius 3 is 2.04 bits per heavy atom. The van der Waals surface area contributed by atoms with Crippen molar-refractivity contribution >= 4 is 25.2 Å². The number of nitrogens with zero attached hydrogens (tertiary/aromatic N) is 1. The topological polar surface area (TPSA) is 29.5 Å². The van der Waals surface area contributed by atoms with Crippen LogP contribution in [0.4, 0.5) is 0 Å². The molecule has 3 aliphatic rings. The molecule has 0 saturated heterocycles. The van der Waals surface area contributed by atoms with Crippen molar-refractivity contribution in [2.45, 2.75) is 76.3 Å². The second kappa shape index (κ2) is 12.5. The molecule has 0 amide bonds. The molecule has 228 valence electrons. The van der Waals surface area contributed by atoms with E-state index in [9.17, 15) is 0 Å². The van der Waals surface area contributed by atoms with Crippen molar-refractivity contribution in [3.8, 4) is 0 Å². The SMILES string of the molecule is C[C@@H](c1ccccc1)N(C(c1ccccc1)c1ccccc1)p1oc2c(c3c4c(ccc3o1)CCCC4)C1CCCCC1C=C2. The van der Waals surface area contributed by atoms with E-state index in [-0.39, 0.29) is 12.1 Å². The summed E-state index contributed by atoms with van der Waals surface area (Å²) < 4.78 is 17.2. The fourth-order valence-electron chi connectivity index (χ4n) is 8.19. The van der Waals surface area contributed by atoms with Crippen LogP contribution >= 0.6 is 8.16 Å². The minimum Gasteiger partial charge on any atom is -0.408 e. The largest absolute Gasteiger partial charge is 0.408 e. The predicted molar refractivity (Wildman–Crippen MR) is 187 cm³/mol. The van der Waals surface area contributed by atoms with Gasteiger partial charge in [0.2, 0.25) is 0 Å². The van der Waals surface area contributed by atoms with Gasteiger partial charge in [0.15, 0.2) is 0 Å². The number of aryl methyl sites for hydroxylation is 2. The number of rotatable bonds is 6. The minimum absolute atomic E-state index is 0.0287. The highest BCUT2D eigenvalue weighted by atomic mass is 31.1. The van der Waals surface area contributed by atoms with E-state index in [1.54, 1.807) is 0 Å². The number of hydrogen-bond acceptors (Lipinski definition) is 3. The van der Waals surface area contributed by atoms with Gasteiger partial charge in [-0.25, -0.2) is 0 Å². The van der Waals surface area contributed by atoms with Crippen LogP contribution in [0, 0.1) is 5.92 Å². The lowest BCUT2D eigenvalue weighted by atomic mass is 9.71. The minimum atomic E-state index is -1.56. The first kappa shape index (κ1) is 28.7. The van der Waals surface area contributed by atoms with Crippen LogP contribution in [0.5, 0.6) is 0 Å². The van der Waals surface area contributed by atoms with Crippen LogP contribution in [0.3, 0.4) is 0 Å². The third-order valence-corrected chi connectivity index (χ3v) is 12.1. The van der Waals surface area contributed by atoms with E-state index in [1.807, 2.05) is 0 Å². The van der Waals surface area contributed by atoms with Crippen LogP contribution in [-0.2, 0) is 12.8 Å². The molecular weight excluding hydrogens is 569 g/mol. The molecule has 0 spiro atoms. The number of hydrogen-bond donors (Lipinski definition) is 0. The molecule has 4 heteroatoms. The Balaban J connectivity index is 1.43. The summed E-state index contributed by atoms with van der Waals surface area (Å²) in [4.78, 5) is 0. The Morgan fingerprint density at radius 2 is 1.33 bits per heavy atom. The number of benzene rings is 4. The molecule has 45 heavy (non-hydrogen) atoms. The van der Waals surface area contributed by atoms with E-state index >= 15 is 0 Å². The lowest BCUT2D eigenvalue weighted by molar-refractivity contribution is 0.356. The van der Waals surface area contributed by atoms with Crippen molar-refractivity contribution in [2.75, 3.05) is 4.67 Å². The Bertz CT molecular complexity index is 1810. The lowest BCUT2D eigenvalue weighted by Crippen LogP contribution is -2.30.